The molecule has 18 heavy (non-hydrogen) atoms. The van der Waals surface area contributed by atoms with Crippen molar-refractivity contribution in [1.29, 1.82) is 0 Å². The summed E-state index contributed by atoms with van der Waals surface area (Å²) in [7, 11) is 3.37. The molecule has 0 bridgehead atoms. The van der Waals surface area contributed by atoms with E-state index in [0.717, 1.165) is 12.8 Å². The summed E-state index contributed by atoms with van der Waals surface area (Å²) in [6.45, 7) is 2.75. The minimum atomic E-state index is -0.148. The molecule has 6 heteroatoms. The zero-order chi connectivity index (χ0) is 13.5. The van der Waals surface area contributed by atoms with E-state index in [9.17, 15) is 4.79 Å². The van der Waals surface area contributed by atoms with Gasteiger partial charge in [-0.25, -0.2) is 0 Å². The van der Waals surface area contributed by atoms with Crippen LogP contribution in [0.5, 0.6) is 0 Å². The molecule has 0 aromatic carbocycles. The van der Waals surface area contributed by atoms with E-state index < -0.39 is 0 Å². The minimum Gasteiger partial charge on any atom is -0.366 e. The molecule has 0 aliphatic carbocycles. The monoisotopic (exact) mass is 251 g/mol. The number of amides is 1. The summed E-state index contributed by atoms with van der Waals surface area (Å²) in [5.74, 6) is 0.528. The van der Waals surface area contributed by atoms with Gasteiger partial charge in [0.1, 0.15) is 5.82 Å². The fourth-order valence-corrected chi connectivity index (χ4v) is 1.50. The van der Waals surface area contributed by atoms with Crippen LogP contribution >= 0.6 is 0 Å². The summed E-state index contributed by atoms with van der Waals surface area (Å²) in [6, 6.07) is 3.73. The van der Waals surface area contributed by atoms with Crippen molar-refractivity contribution in [2.75, 3.05) is 26.0 Å². The number of rotatable bonds is 6. The molecule has 1 aromatic heterocycles. The molecule has 0 fully saturated rings. The van der Waals surface area contributed by atoms with Crippen molar-refractivity contribution in [2.45, 2.75) is 25.8 Å². The summed E-state index contributed by atoms with van der Waals surface area (Å²) in [6.07, 6.45) is 1.95. The Morgan fingerprint density at radius 2 is 2.17 bits per heavy atom. The molecule has 0 spiro atoms. The van der Waals surface area contributed by atoms with E-state index in [1.165, 1.54) is 4.90 Å². The van der Waals surface area contributed by atoms with Crippen molar-refractivity contribution in [1.82, 2.24) is 15.1 Å². The zero-order valence-corrected chi connectivity index (χ0v) is 11.2. The number of aromatic nitrogens is 2. The van der Waals surface area contributed by atoms with Gasteiger partial charge in [-0.05, 0) is 38.4 Å². The SMILES string of the molecule is CC(CCCN)Nc1ccc(C(=O)N(C)C)nn1. The first-order valence-corrected chi connectivity index (χ1v) is 6.06. The lowest BCUT2D eigenvalue weighted by Gasteiger charge is -2.14. The van der Waals surface area contributed by atoms with Gasteiger partial charge >= 0.3 is 0 Å². The number of nitrogens with two attached hydrogens (primary N) is 1. The molecule has 0 radical (unpaired) electrons. The van der Waals surface area contributed by atoms with Gasteiger partial charge in [-0.3, -0.25) is 4.79 Å². The fourth-order valence-electron chi connectivity index (χ4n) is 1.50. The summed E-state index contributed by atoms with van der Waals surface area (Å²) in [4.78, 5) is 13.1. The zero-order valence-electron chi connectivity index (χ0n) is 11.2. The Kier molecular flexibility index (Phi) is 5.51. The highest BCUT2D eigenvalue weighted by molar-refractivity contribution is 5.91. The van der Waals surface area contributed by atoms with Crippen molar-refractivity contribution in [3.8, 4) is 0 Å². The number of anilines is 1. The molecule has 1 atom stereocenters. The summed E-state index contributed by atoms with van der Waals surface area (Å²) >= 11 is 0. The van der Waals surface area contributed by atoms with Gasteiger partial charge < -0.3 is 16.0 Å². The van der Waals surface area contributed by atoms with Crippen LogP contribution in [0, 0.1) is 0 Å². The maximum atomic E-state index is 11.6. The Morgan fingerprint density at radius 1 is 1.44 bits per heavy atom. The summed E-state index contributed by atoms with van der Waals surface area (Å²) in [5, 5.41) is 11.1. The van der Waals surface area contributed by atoms with Gasteiger partial charge in [-0.15, -0.1) is 10.2 Å². The molecule has 1 amide bonds. The predicted molar refractivity (Wildman–Crippen MR) is 71.4 cm³/mol. The lowest BCUT2D eigenvalue weighted by molar-refractivity contribution is 0.0821. The molecule has 0 saturated carbocycles. The van der Waals surface area contributed by atoms with Crippen molar-refractivity contribution in [3.63, 3.8) is 0 Å². The van der Waals surface area contributed by atoms with Crippen molar-refractivity contribution >= 4 is 11.7 Å². The highest BCUT2D eigenvalue weighted by Gasteiger charge is 2.10. The lowest BCUT2D eigenvalue weighted by Crippen LogP contribution is -2.23. The van der Waals surface area contributed by atoms with Crippen LogP contribution in [0.1, 0.15) is 30.3 Å². The van der Waals surface area contributed by atoms with Crippen LogP contribution < -0.4 is 11.1 Å². The van der Waals surface area contributed by atoms with Gasteiger partial charge in [0, 0.05) is 20.1 Å². The number of hydrogen-bond donors (Lipinski definition) is 2. The third kappa shape index (κ3) is 4.29. The number of carbonyl (C=O) groups is 1. The van der Waals surface area contributed by atoms with Gasteiger partial charge in [-0.1, -0.05) is 0 Å². The van der Waals surface area contributed by atoms with Crippen LogP contribution in [0.4, 0.5) is 5.82 Å². The smallest absolute Gasteiger partial charge is 0.273 e. The van der Waals surface area contributed by atoms with Gasteiger partial charge in [0.15, 0.2) is 5.69 Å². The standard InChI is InChI=1S/C12H21N5O/c1-9(5-4-8-13)14-11-7-6-10(15-16-11)12(18)17(2)3/h6-7,9H,4-5,8,13H2,1-3H3,(H,14,16). The van der Waals surface area contributed by atoms with Gasteiger partial charge in [0.05, 0.1) is 0 Å². The third-order valence-electron chi connectivity index (χ3n) is 2.53. The Bertz CT molecular complexity index is 377. The molecule has 0 aliphatic heterocycles. The highest BCUT2D eigenvalue weighted by atomic mass is 16.2. The second-order valence-electron chi connectivity index (χ2n) is 4.48. The first-order chi connectivity index (χ1) is 8.54. The van der Waals surface area contributed by atoms with Crippen molar-refractivity contribution < 1.29 is 4.79 Å². The second kappa shape index (κ2) is 6.90. The molecular weight excluding hydrogens is 230 g/mol. The molecule has 6 nitrogen and oxygen atoms in total. The summed E-state index contributed by atoms with van der Waals surface area (Å²) in [5.41, 5.74) is 5.80. The predicted octanol–water partition coefficient (Wildman–Crippen LogP) is 0.718. The molecule has 3 N–H and O–H groups in total. The Morgan fingerprint density at radius 3 is 2.67 bits per heavy atom. The van der Waals surface area contributed by atoms with Crippen molar-refractivity contribution in [3.05, 3.63) is 17.8 Å². The van der Waals surface area contributed by atoms with E-state index in [4.69, 9.17) is 5.73 Å². The second-order valence-corrected chi connectivity index (χ2v) is 4.48. The summed E-state index contributed by atoms with van der Waals surface area (Å²) < 4.78 is 0. The number of nitrogens with zero attached hydrogens (tertiary/aromatic N) is 3. The molecule has 1 heterocycles. The van der Waals surface area contributed by atoms with Crippen LogP contribution in [0.25, 0.3) is 0 Å². The fraction of sp³-hybridized carbons (Fsp3) is 0.583. The highest BCUT2D eigenvalue weighted by Crippen LogP contribution is 2.07. The van der Waals surface area contributed by atoms with Crippen molar-refractivity contribution in [2.24, 2.45) is 5.73 Å². The van der Waals surface area contributed by atoms with Crippen LogP contribution in [-0.2, 0) is 0 Å². The van der Waals surface area contributed by atoms with Gasteiger partial charge in [0.2, 0.25) is 0 Å². The quantitative estimate of drug-likeness (QED) is 0.778. The topological polar surface area (TPSA) is 84.1 Å². The molecule has 1 rings (SSSR count). The average Bonchev–Trinajstić information content (AvgIpc) is 2.36. The van der Waals surface area contributed by atoms with Crippen LogP contribution in [0.2, 0.25) is 0 Å². The Hall–Kier alpha value is -1.69. The van der Waals surface area contributed by atoms with E-state index in [-0.39, 0.29) is 5.91 Å². The van der Waals surface area contributed by atoms with Gasteiger partial charge in [-0.2, -0.15) is 0 Å². The molecule has 1 aromatic rings. The van der Waals surface area contributed by atoms with E-state index in [2.05, 4.69) is 22.4 Å². The minimum absolute atomic E-state index is 0.148. The Labute approximate surface area is 108 Å². The first-order valence-electron chi connectivity index (χ1n) is 6.06. The molecular formula is C12H21N5O. The largest absolute Gasteiger partial charge is 0.366 e. The molecule has 0 aliphatic rings. The maximum Gasteiger partial charge on any atom is 0.273 e. The average molecular weight is 251 g/mol. The molecule has 1 unspecified atom stereocenters. The van der Waals surface area contributed by atoms with Crippen LogP contribution in [0.15, 0.2) is 12.1 Å². The van der Waals surface area contributed by atoms with E-state index >= 15 is 0 Å². The van der Waals surface area contributed by atoms with E-state index in [0.29, 0.717) is 24.1 Å². The molecule has 100 valence electrons. The van der Waals surface area contributed by atoms with E-state index in [1.54, 1.807) is 26.2 Å². The van der Waals surface area contributed by atoms with Crippen LogP contribution in [0.3, 0.4) is 0 Å². The van der Waals surface area contributed by atoms with Crippen LogP contribution in [-0.4, -0.2) is 47.7 Å². The van der Waals surface area contributed by atoms with E-state index in [1.807, 2.05) is 0 Å². The van der Waals surface area contributed by atoms with Gasteiger partial charge in [0.25, 0.3) is 5.91 Å². The normalized spacial score (nSPS) is 12.0. The number of carbonyl (C=O) groups excluding carboxylic acids is 1. The Balaban J connectivity index is 2.57. The number of hydrogen-bond acceptors (Lipinski definition) is 5. The number of nitrogens with one attached hydrogen (secondary N) is 1. The first kappa shape index (κ1) is 14.4. The third-order valence-corrected chi connectivity index (χ3v) is 2.53. The lowest BCUT2D eigenvalue weighted by atomic mass is 10.2. The maximum absolute atomic E-state index is 11.6. The molecule has 0 saturated heterocycles.